The number of carbonyl (C=O) groups excluding carboxylic acids is 1. The maximum absolute atomic E-state index is 12.1. The summed E-state index contributed by atoms with van der Waals surface area (Å²) in [5.41, 5.74) is 6.23. The second-order valence-electron chi connectivity index (χ2n) is 4.33. The fourth-order valence-corrected chi connectivity index (χ4v) is 2.43. The first-order valence-electron chi connectivity index (χ1n) is 5.94. The number of nitrogens with two attached hydrogens (primary N) is 1. The Balaban J connectivity index is 2.00. The van der Waals surface area contributed by atoms with Gasteiger partial charge in [0.15, 0.2) is 0 Å². The largest absolute Gasteiger partial charge is 0.506 e. The van der Waals surface area contributed by atoms with Crippen LogP contribution in [0.4, 0.5) is 5.69 Å². The van der Waals surface area contributed by atoms with Crippen molar-refractivity contribution >= 4 is 22.9 Å². The van der Waals surface area contributed by atoms with E-state index in [-0.39, 0.29) is 17.3 Å². The summed E-state index contributed by atoms with van der Waals surface area (Å²) in [6.07, 6.45) is 0.834. The molecule has 0 aliphatic carbocycles. The Morgan fingerprint density at radius 2 is 2.21 bits per heavy atom. The van der Waals surface area contributed by atoms with E-state index in [0.29, 0.717) is 12.1 Å². The summed E-state index contributed by atoms with van der Waals surface area (Å²) in [6.45, 7) is 0.643. The van der Waals surface area contributed by atoms with Crippen LogP contribution in [-0.2, 0) is 6.42 Å². The Morgan fingerprint density at radius 1 is 1.42 bits per heavy atom. The zero-order chi connectivity index (χ0) is 13.8. The van der Waals surface area contributed by atoms with Crippen LogP contribution in [0.1, 0.15) is 15.2 Å². The molecule has 0 bridgehead atoms. The molecule has 0 saturated heterocycles. The predicted molar refractivity (Wildman–Crippen MR) is 77.5 cm³/mol. The molecule has 0 spiro atoms. The minimum atomic E-state index is -0.119. The van der Waals surface area contributed by atoms with Crippen molar-refractivity contribution in [2.24, 2.45) is 0 Å². The molecule has 5 heteroatoms. The van der Waals surface area contributed by atoms with Gasteiger partial charge >= 0.3 is 0 Å². The van der Waals surface area contributed by atoms with Gasteiger partial charge in [-0.25, -0.2) is 0 Å². The molecular weight excluding hydrogens is 260 g/mol. The average molecular weight is 276 g/mol. The molecule has 1 aromatic carbocycles. The van der Waals surface area contributed by atoms with Crippen LogP contribution >= 0.6 is 11.3 Å². The van der Waals surface area contributed by atoms with Gasteiger partial charge in [0.05, 0.1) is 5.69 Å². The van der Waals surface area contributed by atoms with Crippen molar-refractivity contribution in [2.45, 2.75) is 6.42 Å². The Kier molecular flexibility index (Phi) is 4.06. The van der Waals surface area contributed by atoms with Gasteiger partial charge in [0.2, 0.25) is 0 Å². The molecule has 2 aromatic rings. The minimum Gasteiger partial charge on any atom is -0.506 e. The molecule has 1 heterocycles. The summed E-state index contributed by atoms with van der Waals surface area (Å²) in [5, 5.41) is 11.5. The summed E-state index contributed by atoms with van der Waals surface area (Å²) in [6, 6.07) is 8.62. The van der Waals surface area contributed by atoms with E-state index in [0.717, 1.165) is 6.42 Å². The van der Waals surface area contributed by atoms with Crippen LogP contribution in [0.3, 0.4) is 0 Å². The quantitative estimate of drug-likeness (QED) is 0.665. The topological polar surface area (TPSA) is 66.6 Å². The van der Waals surface area contributed by atoms with E-state index in [4.69, 9.17) is 5.73 Å². The van der Waals surface area contributed by atoms with Crippen molar-refractivity contribution in [2.75, 3.05) is 19.3 Å². The Morgan fingerprint density at radius 3 is 2.84 bits per heavy atom. The smallest absolute Gasteiger partial charge is 0.253 e. The van der Waals surface area contributed by atoms with E-state index >= 15 is 0 Å². The number of benzene rings is 1. The standard InChI is InChI=1S/C14H16N2O2S/c1-16(7-6-11-3-2-8-19-11)14(18)10-4-5-12(15)13(17)9-10/h2-5,8-9,17H,6-7,15H2,1H3. The summed E-state index contributed by atoms with van der Waals surface area (Å²) < 4.78 is 0. The number of amides is 1. The summed E-state index contributed by atoms with van der Waals surface area (Å²) >= 11 is 1.68. The number of phenolic OH excluding ortho intramolecular Hbond substituents is 1. The third-order valence-electron chi connectivity index (χ3n) is 2.90. The molecular formula is C14H16N2O2S. The van der Waals surface area contributed by atoms with Gasteiger partial charge in [-0.15, -0.1) is 11.3 Å². The fraction of sp³-hybridized carbons (Fsp3) is 0.214. The highest BCUT2D eigenvalue weighted by Gasteiger charge is 2.13. The Bertz CT molecular complexity index is 567. The third-order valence-corrected chi connectivity index (χ3v) is 3.83. The van der Waals surface area contributed by atoms with Crippen molar-refractivity contribution in [3.63, 3.8) is 0 Å². The summed E-state index contributed by atoms with van der Waals surface area (Å²) in [7, 11) is 1.75. The van der Waals surface area contributed by atoms with Crippen LogP contribution < -0.4 is 5.73 Å². The normalized spacial score (nSPS) is 10.4. The molecule has 1 amide bonds. The number of hydrogen-bond acceptors (Lipinski definition) is 4. The van der Waals surface area contributed by atoms with Crippen molar-refractivity contribution < 1.29 is 9.90 Å². The molecule has 100 valence electrons. The van der Waals surface area contributed by atoms with Crippen LogP contribution in [0.2, 0.25) is 0 Å². The number of hydrogen-bond donors (Lipinski definition) is 2. The van der Waals surface area contributed by atoms with Gasteiger partial charge in [-0.1, -0.05) is 6.07 Å². The maximum Gasteiger partial charge on any atom is 0.253 e. The number of thiophene rings is 1. The van der Waals surface area contributed by atoms with Gasteiger partial charge in [0, 0.05) is 24.0 Å². The van der Waals surface area contributed by atoms with Crippen molar-refractivity contribution in [3.05, 3.63) is 46.2 Å². The molecule has 2 rings (SSSR count). The van der Waals surface area contributed by atoms with E-state index in [1.54, 1.807) is 29.4 Å². The van der Waals surface area contributed by atoms with Crippen LogP contribution in [0.15, 0.2) is 35.7 Å². The Labute approximate surface area is 116 Å². The van der Waals surface area contributed by atoms with Gasteiger partial charge in [0.1, 0.15) is 5.75 Å². The zero-order valence-corrected chi connectivity index (χ0v) is 11.5. The van der Waals surface area contributed by atoms with E-state index in [1.807, 2.05) is 11.4 Å². The molecule has 0 atom stereocenters. The number of aromatic hydroxyl groups is 1. The van der Waals surface area contributed by atoms with Crippen molar-refractivity contribution in [3.8, 4) is 5.75 Å². The number of phenols is 1. The first kappa shape index (κ1) is 13.4. The summed E-state index contributed by atoms with van der Waals surface area (Å²) in [5.74, 6) is -0.177. The van der Waals surface area contributed by atoms with Gasteiger partial charge in [-0.2, -0.15) is 0 Å². The molecule has 0 fully saturated rings. The fourth-order valence-electron chi connectivity index (χ4n) is 1.73. The monoisotopic (exact) mass is 276 g/mol. The molecule has 0 saturated carbocycles. The first-order chi connectivity index (χ1) is 9.08. The van der Waals surface area contributed by atoms with Crippen LogP contribution in [0.25, 0.3) is 0 Å². The minimum absolute atomic E-state index is 0.0579. The van der Waals surface area contributed by atoms with Gasteiger partial charge in [0.25, 0.3) is 5.91 Å². The van der Waals surface area contributed by atoms with E-state index in [9.17, 15) is 9.90 Å². The third kappa shape index (κ3) is 3.26. The van der Waals surface area contributed by atoms with E-state index < -0.39 is 0 Å². The molecule has 1 aromatic heterocycles. The zero-order valence-electron chi connectivity index (χ0n) is 10.7. The predicted octanol–water partition coefficient (Wildman–Crippen LogP) is 2.35. The second-order valence-corrected chi connectivity index (χ2v) is 5.36. The number of likely N-dealkylation sites (N-methyl/N-ethyl adjacent to an activating group) is 1. The molecule has 0 aliphatic heterocycles. The van der Waals surface area contributed by atoms with Crippen LogP contribution in [0.5, 0.6) is 5.75 Å². The SMILES string of the molecule is CN(CCc1cccs1)C(=O)c1ccc(N)c(O)c1. The molecule has 4 nitrogen and oxygen atoms in total. The van der Waals surface area contributed by atoms with Crippen molar-refractivity contribution in [1.82, 2.24) is 4.90 Å². The lowest BCUT2D eigenvalue weighted by atomic mass is 10.1. The number of nitrogen functional groups attached to an aromatic ring is 1. The lowest BCUT2D eigenvalue weighted by Crippen LogP contribution is -2.28. The second kappa shape index (κ2) is 5.75. The lowest BCUT2D eigenvalue weighted by Gasteiger charge is -2.17. The van der Waals surface area contributed by atoms with Crippen LogP contribution in [-0.4, -0.2) is 29.5 Å². The number of nitrogens with zero attached hydrogens (tertiary/aromatic N) is 1. The highest BCUT2D eigenvalue weighted by Crippen LogP contribution is 2.21. The molecule has 19 heavy (non-hydrogen) atoms. The highest BCUT2D eigenvalue weighted by atomic mass is 32.1. The van der Waals surface area contributed by atoms with Crippen molar-refractivity contribution in [1.29, 1.82) is 0 Å². The average Bonchev–Trinajstić information content (AvgIpc) is 2.91. The Hall–Kier alpha value is -2.01. The van der Waals surface area contributed by atoms with E-state index in [1.165, 1.54) is 17.0 Å². The number of carbonyl (C=O) groups is 1. The van der Waals surface area contributed by atoms with E-state index in [2.05, 4.69) is 6.07 Å². The molecule has 0 aliphatic rings. The number of rotatable bonds is 4. The number of anilines is 1. The van der Waals surface area contributed by atoms with Crippen LogP contribution in [0, 0.1) is 0 Å². The first-order valence-corrected chi connectivity index (χ1v) is 6.82. The van der Waals surface area contributed by atoms with Gasteiger partial charge in [-0.3, -0.25) is 4.79 Å². The maximum atomic E-state index is 12.1. The van der Waals surface area contributed by atoms with Gasteiger partial charge in [-0.05, 0) is 36.1 Å². The lowest BCUT2D eigenvalue weighted by molar-refractivity contribution is 0.0796. The van der Waals surface area contributed by atoms with Gasteiger partial charge < -0.3 is 15.7 Å². The summed E-state index contributed by atoms with van der Waals surface area (Å²) in [4.78, 5) is 15.0. The highest BCUT2D eigenvalue weighted by molar-refractivity contribution is 7.09. The molecule has 3 N–H and O–H groups in total. The molecule has 0 radical (unpaired) electrons. The molecule has 0 unspecified atom stereocenters.